The highest BCUT2D eigenvalue weighted by molar-refractivity contribution is 5.89. The summed E-state index contributed by atoms with van der Waals surface area (Å²) in [7, 11) is 0. The molecular weight excluding hydrogens is 440 g/mol. The van der Waals surface area contributed by atoms with Gasteiger partial charge >= 0.3 is 5.97 Å². The van der Waals surface area contributed by atoms with Gasteiger partial charge in [-0.25, -0.2) is 0 Å². The maximum Gasteiger partial charge on any atom is 0.302 e. The number of fused-ring (bicyclic) bond motifs is 5. The van der Waals surface area contributed by atoms with Gasteiger partial charge in [0.15, 0.2) is 5.78 Å². The molecular formula is C30H48O5. The van der Waals surface area contributed by atoms with Gasteiger partial charge in [0, 0.05) is 31.1 Å². The van der Waals surface area contributed by atoms with Crippen molar-refractivity contribution in [1.29, 1.82) is 0 Å². The van der Waals surface area contributed by atoms with Crippen LogP contribution in [0, 0.1) is 46.3 Å². The zero-order valence-electron chi connectivity index (χ0n) is 22.6. The molecule has 0 aromatic rings. The molecule has 0 aliphatic heterocycles. The lowest BCUT2D eigenvalue weighted by Gasteiger charge is -2.63. The van der Waals surface area contributed by atoms with Crippen LogP contribution < -0.4 is 0 Å². The Bertz CT molecular complexity index is 852. The number of esters is 1. The van der Waals surface area contributed by atoms with Crippen LogP contribution in [0.5, 0.6) is 0 Å². The van der Waals surface area contributed by atoms with E-state index in [-0.39, 0.29) is 29.5 Å². The van der Waals surface area contributed by atoms with Gasteiger partial charge in [-0.15, -0.1) is 0 Å². The van der Waals surface area contributed by atoms with Crippen LogP contribution in [0.25, 0.3) is 0 Å². The Balaban J connectivity index is 1.44. The summed E-state index contributed by atoms with van der Waals surface area (Å²) in [6, 6.07) is 0. The number of aliphatic hydroxyl groups excluding tert-OH is 1. The smallest absolute Gasteiger partial charge is 0.302 e. The van der Waals surface area contributed by atoms with E-state index in [1.54, 1.807) is 0 Å². The molecule has 0 aromatic heterocycles. The quantitative estimate of drug-likeness (QED) is 0.367. The molecule has 4 rings (SSSR count). The third-order valence-corrected chi connectivity index (χ3v) is 11.5. The van der Waals surface area contributed by atoms with Crippen molar-refractivity contribution in [2.24, 2.45) is 46.3 Å². The van der Waals surface area contributed by atoms with Crippen molar-refractivity contribution in [3.63, 3.8) is 0 Å². The highest BCUT2D eigenvalue weighted by Gasteiger charge is 2.67. The van der Waals surface area contributed by atoms with E-state index in [9.17, 15) is 19.8 Å². The maximum atomic E-state index is 13.4. The van der Waals surface area contributed by atoms with E-state index in [0.717, 1.165) is 31.3 Å². The van der Waals surface area contributed by atoms with E-state index in [4.69, 9.17) is 4.74 Å². The largest absolute Gasteiger partial charge is 0.465 e. The summed E-state index contributed by atoms with van der Waals surface area (Å²) in [4.78, 5) is 24.5. The lowest BCUT2D eigenvalue weighted by molar-refractivity contribution is -0.213. The second-order valence-electron chi connectivity index (χ2n) is 13.3. The third kappa shape index (κ3) is 4.43. The maximum absolute atomic E-state index is 13.4. The number of aliphatic hydroxyl groups is 2. The Hall–Kier alpha value is -1.20. The molecule has 4 saturated carbocycles. The van der Waals surface area contributed by atoms with Crippen LogP contribution in [-0.2, 0) is 14.3 Å². The molecule has 5 nitrogen and oxygen atoms in total. The Kier molecular flexibility index (Phi) is 7.36. The molecule has 4 aliphatic rings. The molecule has 0 saturated heterocycles. The first kappa shape index (κ1) is 26.9. The molecule has 0 aromatic carbocycles. The zero-order valence-corrected chi connectivity index (χ0v) is 22.6. The summed E-state index contributed by atoms with van der Waals surface area (Å²) in [5.74, 6) is 2.41. The molecule has 198 valence electrons. The summed E-state index contributed by atoms with van der Waals surface area (Å²) in [5, 5.41) is 21.8. The van der Waals surface area contributed by atoms with Crippen LogP contribution in [0.3, 0.4) is 0 Å². The molecule has 4 fully saturated rings. The SMILES string of the molecule is C=C(CC[C@@H](C)[C@H]1CCC2C3CC(=O)[C@@]4(O)C[C@@H](O)CC[C@]4(C)C3CC[C@@]21C)[C@H](C)COC(C)=O. The van der Waals surface area contributed by atoms with Gasteiger partial charge in [-0.3, -0.25) is 9.59 Å². The summed E-state index contributed by atoms with van der Waals surface area (Å²) in [6.45, 7) is 15.2. The fourth-order valence-electron chi connectivity index (χ4n) is 9.22. The minimum Gasteiger partial charge on any atom is -0.465 e. The first-order chi connectivity index (χ1) is 16.3. The molecule has 3 unspecified atom stereocenters. The number of carbonyl (C=O) groups excluding carboxylic acids is 2. The fraction of sp³-hybridized carbons (Fsp3) is 0.867. The monoisotopic (exact) mass is 488 g/mol. The number of ketones is 1. The van der Waals surface area contributed by atoms with E-state index in [1.807, 2.05) is 0 Å². The summed E-state index contributed by atoms with van der Waals surface area (Å²) < 4.78 is 5.18. The molecule has 0 spiro atoms. The van der Waals surface area contributed by atoms with Gasteiger partial charge in [0.25, 0.3) is 0 Å². The summed E-state index contributed by atoms with van der Waals surface area (Å²) in [5.41, 5.74) is -0.363. The van der Waals surface area contributed by atoms with Crippen LogP contribution in [-0.4, -0.2) is 40.3 Å². The minimum atomic E-state index is -1.35. The first-order valence-electron chi connectivity index (χ1n) is 14.1. The third-order valence-electron chi connectivity index (χ3n) is 11.5. The van der Waals surface area contributed by atoms with Gasteiger partial charge in [-0.1, -0.05) is 39.8 Å². The molecule has 0 radical (unpaired) electrons. The second-order valence-corrected chi connectivity index (χ2v) is 13.3. The van der Waals surface area contributed by atoms with Crippen molar-refractivity contribution in [3.8, 4) is 0 Å². The van der Waals surface area contributed by atoms with Gasteiger partial charge in [0.2, 0.25) is 0 Å². The van der Waals surface area contributed by atoms with E-state index >= 15 is 0 Å². The average molecular weight is 489 g/mol. The van der Waals surface area contributed by atoms with Crippen molar-refractivity contribution in [3.05, 3.63) is 12.2 Å². The van der Waals surface area contributed by atoms with E-state index < -0.39 is 17.1 Å². The normalized spacial score (nSPS) is 44.5. The minimum absolute atomic E-state index is 0.0150. The Labute approximate surface area is 212 Å². The molecule has 4 aliphatic carbocycles. The van der Waals surface area contributed by atoms with E-state index in [0.29, 0.717) is 49.0 Å². The summed E-state index contributed by atoms with van der Waals surface area (Å²) in [6.07, 6.45) is 8.26. The number of carbonyl (C=O) groups is 2. The molecule has 35 heavy (non-hydrogen) atoms. The van der Waals surface area contributed by atoms with Crippen molar-refractivity contribution >= 4 is 11.8 Å². The van der Waals surface area contributed by atoms with Crippen LogP contribution >= 0.6 is 0 Å². The molecule has 5 heteroatoms. The average Bonchev–Trinajstić information content (AvgIpc) is 3.15. The van der Waals surface area contributed by atoms with Crippen LogP contribution in [0.1, 0.15) is 98.8 Å². The van der Waals surface area contributed by atoms with Gasteiger partial charge in [0.05, 0.1) is 12.7 Å². The Morgan fingerprint density at radius 3 is 2.54 bits per heavy atom. The lowest BCUT2D eigenvalue weighted by Crippen LogP contribution is -2.67. The van der Waals surface area contributed by atoms with E-state index in [1.165, 1.54) is 26.2 Å². The molecule has 0 heterocycles. The van der Waals surface area contributed by atoms with Gasteiger partial charge < -0.3 is 14.9 Å². The predicted molar refractivity (Wildman–Crippen MR) is 136 cm³/mol. The molecule has 0 amide bonds. The van der Waals surface area contributed by atoms with Gasteiger partial charge in [-0.2, -0.15) is 0 Å². The van der Waals surface area contributed by atoms with Crippen LogP contribution in [0.2, 0.25) is 0 Å². The number of hydrogen-bond acceptors (Lipinski definition) is 5. The number of rotatable bonds is 7. The van der Waals surface area contributed by atoms with Gasteiger partial charge in [-0.05, 0) is 86.4 Å². The fourth-order valence-corrected chi connectivity index (χ4v) is 9.22. The highest BCUT2D eigenvalue weighted by Crippen LogP contribution is 2.68. The summed E-state index contributed by atoms with van der Waals surface area (Å²) >= 11 is 0. The number of ether oxygens (including phenoxy) is 1. The van der Waals surface area contributed by atoms with Crippen LogP contribution in [0.15, 0.2) is 12.2 Å². The second kappa shape index (κ2) is 9.59. The highest BCUT2D eigenvalue weighted by atomic mass is 16.5. The Morgan fingerprint density at radius 2 is 1.86 bits per heavy atom. The van der Waals surface area contributed by atoms with Crippen LogP contribution in [0.4, 0.5) is 0 Å². The van der Waals surface area contributed by atoms with Crippen molar-refractivity contribution < 1.29 is 24.5 Å². The van der Waals surface area contributed by atoms with Gasteiger partial charge in [0.1, 0.15) is 5.60 Å². The van der Waals surface area contributed by atoms with Crippen molar-refractivity contribution in [2.45, 2.75) is 111 Å². The predicted octanol–water partition coefficient (Wildman–Crippen LogP) is 5.47. The topological polar surface area (TPSA) is 83.8 Å². The number of Topliss-reactive ketones (excluding diaryl/α,β-unsaturated/α-hetero) is 1. The molecule has 2 N–H and O–H groups in total. The van der Waals surface area contributed by atoms with E-state index in [2.05, 4.69) is 34.3 Å². The molecule has 10 atom stereocenters. The Morgan fingerprint density at radius 1 is 1.14 bits per heavy atom. The molecule has 0 bridgehead atoms. The first-order valence-corrected chi connectivity index (χ1v) is 14.1. The van der Waals surface area contributed by atoms with Crippen molar-refractivity contribution in [2.75, 3.05) is 6.61 Å². The standard InChI is InChI=1S/C30H48O5/c1-18(20(3)17-35-21(4)31)7-8-19(2)24-9-10-25-23-15-27(33)30(34)16-22(32)11-14-29(30,6)26(23)12-13-28(24,25)5/h19-20,22-26,32,34H,1,7-17H2,2-6H3/t19-,20-,22+,23?,24-,25?,26?,28-,29-,30+/m1/s1. The lowest BCUT2D eigenvalue weighted by atomic mass is 9.42. The van der Waals surface area contributed by atoms with Crippen molar-refractivity contribution in [1.82, 2.24) is 0 Å². The number of hydrogen-bond donors (Lipinski definition) is 2. The zero-order chi connectivity index (χ0) is 25.8.